The lowest BCUT2D eigenvalue weighted by atomic mass is 10.0. The number of fused-ring (bicyclic) bond motifs is 2. The van der Waals surface area contributed by atoms with Crippen LogP contribution in [-0.2, 0) is 24.2 Å². The van der Waals surface area contributed by atoms with E-state index in [1.807, 2.05) is 24.3 Å². The quantitative estimate of drug-likeness (QED) is 0.706. The minimum Gasteiger partial charge on any atom is -0.451 e. The third-order valence-electron chi connectivity index (χ3n) is 4.76. The summed E-state index contributed by atoms with van der Waals surface area (Å²) in [6.07, 6.45) is 6.97. The van der Waals surface area contributed by atoms with Crippen LogP contribution in [0.4, 0.5) is 5.13 Å². The summed E-state index contributed by atoms with van der Waals surface area (Å²) in [7, 11) is 1.62. The van der Waals surface area contributed by atoms with Crippen LogP contribution in [0.15, 0.2) is 28.7 Å². The Labute approximate surface area is 156 Å². The number of carbonyl (C=O) groups excluding carboxylic acids is 1. The van der Waals surface area contributed by atoms with Gasteiger partial charge in [-0.1, -0.05) is 31.0 Å². The van der Waals surface area contributed by atoms with Crippen molar-refractivity contribution in [2.45, 2.75) is 45.1 Å². The molecule has 0 atom stereocenters. The predicted octanol–water partition coefficient (Wildman–Crippen LogP) is 4.95. The molecule has 6 heteroatoms. The fourth-order valence-electron chi connectivity index (χ4n) is 3.48. The third-order valence-corrected chi connectivity index (χ3v) is 5.83. The average molecular weight is 370 g/mol. The molecule has 0 bridgehead atoms. The number of para-hydroxylation sites is 1. The lowest BCUT2D eigenvalue weighted by Crippen LogP contribution is -2.13. The zero-order valence-corrected chi connectivity index (χ0v) is 15.7. The van der Waals surface area contributed by atoms with Crippen LogP contribution in [0.3, 0.4) is 0 Å². The summed E-state index contributed by atoms with van der Waals surface area (Å²) in [5, 5.41) is 4.50. The van der Waals surface area contributed by atoms with Crippen LogP contribution < -0.4 is 5.32 Å². The maximum atomic E-state index is 12.8. The Morgan fingerprint density at radius 3 is 2.88 bits per heavy atom. The molecule has 26 heavy (non-hydrogen) atoms. The van der Waals surface area contributed by atoms with E-state index in [1.165, 1.54) is 30.6 Å². The van der Waals surface area contributed by atoms with Gasteiger partial charge in [-0.3, -0.25) is 10.1 Å². The number of benzene rings is 1. The van der Waals surface area contributed by atoms with E-state index in [4.69, 9.17) is 9.15 Å². The molecule has 4 rings (SSSR count). The van der Waals surface area contributed by atoms with Crippen molar-refractivity contribution in [2.75, 3.05) is 12.4 Å². The van der Waals surface area contributed by atoms with Crippen molar-refractivity contribution >= 4 is 33.3 Å². The van der Waals surface area contributed by atoms with E-state index in [1.54, 1.807) is 18.4 Å². The highest BCUT2D eigenvalue weighted by molar-refractivity contribution is 7.15. The molecular weight excluding hydrogens is 348 g/mol. The largest absolute Gasteiger partial charge is 0.451 e. The second-order valence-electron chi connectivity index (χ2n) is 6.60. The molecule has 1 N–H and O–H groups in total. The molecule has 2 aromatic heterocycles. The van der Waals surface area contributed by atoms with Gasteiger partial charge in [-0.05, 0) is 31.7 Å². The Hall–Kier alpha value is -2.18. The fraction of sp³-hybridized carbons (Fsp3) is 0.400. The number of anilines is 1. The molecule has 1 aromatic carbocycles. The molecule has 0 spiro atoms. The van der Waals surface area contributed by atoms with Crippen LogP contribution in [0.2, 0.25) is 0 Å². The highest BCUT2D eigenvalue weighted by Gasteiger charge is 2.22. The van der Waals surface area contributed by atoms with Gasteiger partial charge in [-0.25, -0.2) is 4.98 Å². The second kappa shape index (κ2) is 7.60. The molecule has 3 aromatic rings. The topological polar surface area (TPSA) is 64.4 Å². The van der Waals surface area contributed by atoms with Crippen molar-refractivity contribution in [1.82, 2.24) is 4.98 Å². The molecule has 0 radical (unpaired) electrons. The Bertz CT molecular complexity index is 903. The number of hydrogen-bond donors (Lipinski definition) is 1. The minimum absolute atomic E-state index is 0.269. The number of ether oxygens (including phenoxy) is 1. The maximum absolute atomic E-state index is 12.8. The second-order valence-corrected chi connectivity index (χ2v) is 7.68. The smallest absolute Gasteiger partial charge is 0.293 e. The summed E-state index contributed by atoms with van der Waals surface area (Å²) in [6.45, 7) is 0.328. The predicted molar refractivity (Wildman–Crippen MR) is 103 cm³/mol. The first-order chi connectivity index (χ1) is 12.8. The number of hydrogen-bond acceptors (Lipinski definition) is 5. The molecule has 2 heterocycles. The van der Waals surface area contributed by atoms with E-state index in [9.17, 15) is 4.79 Å². The number of nitrogens with one attached hydrogen (secondary N) is 1. The number of aromatic nitrogens is 1. The first kappa shape index (κ1) is 17.2. The monoisotopic (exact) mass is 370 g/mol. The molecule has 0 aliphatic heterocycles. The van der Waals surface area contributed by atoms with Crippen LogP contribution >= 0.6 is 11.3 Å². The van der Waals surface area contributed by atoms with Crippen molar-refractivity contribution in [2.24, 2.45) is 0 Å². The van der Waals surface area contributed by atoms with Gasteiger partial charge in [-0.2, -0.15) is 0 Å². The lowest BCUT2D eigenvalue weighted by molar-refractivity contribution is 0.0992. The van der Waals surface area contributed by atoms with Crippen LogP contribution in [0.25, 0.3) is 11.0 Å². The maximum Gasteiger partial charge on any atom is 0.293 e. The molecule has 1 aliphatic rings. The van der Waals surface area contributed by atoms with Gasteiger partial charge in [0.05, 0.1) is 12.3 Å². The minimum atomic E-state index is -0.269. The Kier molecular flexibility index (Phi) is 5.04. The number of aryl methyl sites for hydroxylation is 2. The zero-order chi connectivity index (χ0) is 17.9. The van der Waals surface area contributed by atoms with Crippen LogP contribution in [0.5, 0.6) is 0 Å². The fourth-order valence-corrected chi connectivity index (χ4v) is 4.53. The van der Waals surface area contributed by atoms with Gasteiger partial charge in [-0.15, -0.1) is 11.3 Å². The van der Waals surface area contributed by atoms with E-state index < -0.39 is 0 Å². The number of carbonyl (C=O) groups is 1. The third kappa shape index (κ3) is 3.39. The normalized spacial score (nSPS) is 14.7. The number of amides is 1. The summed E-state index contributed by atoms with van der Waals surface area (Å²) in [6, 6.07) is 7.63. The standard InChI is InChI=1S/C20H22N2O3S/c1-24-12-14-13-8-6-7-10-16(13)25-18(14)19(23)22-20-21-15-9-4-2-3-5-11-17(15)26-20/h6-8,10H,2-5,9,11-12H2,1H3,(H,21,22,23). The van der Waals surface area contributed by atoms with Crippen molar-refractivity contribution < 1.29 is 13.9 Å². The summed E-state index contributed by atoms with van der Waals surface area (Å²) < 4.78 is 11.1. The molecule has 136 valence electrons. The first-order valence-electron chi connectivity index (χ1n) is 9.05. The summed E-state index contributed by atoms with van der Waals surface area (Å²) >= 11 is 1.59. The van der Waals surface area contributed by atoms with Gasteiger partial charge < -0.3 is 9.15 Å². The van der Waals surface area contributed by atoms with Gasteiger partial charge >= 0.3 is 0 Å². The SMILES string of the molecule is COCc1c(C(=O)Nc2nc3c(s2)CCCCCC3)oc2ccccc12. The van der Waals surface area contributed by atoms with E-state index in [-0.39, 0.29) is 5.91 Å². The van der Waals surface area contributed by atoms with Gasteiger partial charge in [0.25, 0.3) is 5.91 Å². The van der Waals surface area contributed by atoms with E-state index >= 15 is 0 Å². The molecule has 1 amide bonds. The lowest BCUT2D eigenvalue weighted by Gasteiger charge is -2.06. The highest BCUT2D eigenvalue weighted by atomic mass is 32.1. The van der Waals surface area contributed by atoms with Gasteiger partial charge in [0.2, 0.25) is 0 Å². The molecule has 5 nitrogen and oxygen atoms in total. The molecule has 0 saturated carbocycles. The van der Waals surface area contributed by atoms with E-state index in [0.717, 1.165) is 29.5 Å². The van der Waals surface area contributed by atoms with Gasteiger partial charge in [0.15, 0.2) is 10.9 Å². The number of furan rings is 1. The van der Waals surface area contributed by atoms with E-state index in [2.05, 4.69) is 10.3 Å². The molecule has 0 fully saturated rings. The Balaban J connectivity index is 1.61. The summed E-state index contributed by atoms with van der Waals surface area (Å²) in [5.41, 5.74) is 2.61. The van der Waals surface area contributed by atoms with Crippen LogP contribution in [-0.4, -0.2) is 18.0 Å². The number of thiazole rings is 1. The number of rotatable bonds is 4. The molecular formula is C20H22N2O3S. The Morgan fingerprint density at radius 2 is 2.04 bits per heavy atom. The summed E-state index contributed by atoms with van der Waals surface area (Å²) in [4.78, 5) is 18.8. The zero-order valence-electron chi connectivity index (χ0n) is 14.8. The summed E-state index contributed by atoms with van der Waals surface area (Å²) in [5.74, 6) is 0.0330. The molecule has 0 saturated heterocycles. The van der Waals surface area contributed by atoms with Crippen LogP contribution in [0.1, 0.15) is 52.4 Å². The molecule has 1 aliphatic carbocycles. The average Bonchev–Trinajstić information content (AvgIpc) is 3.17. The number of methoxy groups -OCH3 is 1. The Morgan fingerprint density at radius 1 is 1.23 bits per heavy atom. The highest BCUT2D eigenvalue weighted by Crippen LogP contribution is 2.31. The van der Waals surface area contributed by atoms with Crippen molar-refractivity contribution in [3.05, 3.63) is 46.2 Å². The van der Waals surface area contributed by atoms with Gasteiger partial charge in [0.1, 0.15) is 5.58 Å². The van der Waals surface area contributed by atoms with Gasteiger partial charge in [0, 0.05) is 22.9 Å². The first-order valence-corrected chi connectivity index (χ1v) is 9.87. The number of nitrogens with zero attached hydrogens (tertiary/aromatic N) is 1. The van der Waals surface area contributed by atoms with Crippen molar-refractivity contribution in [3.63, 3.8) is 0 Å². The van der Waals surface area contributed by atoms with Crippen molar-refractivity contribution in [1.29, 1.82) is 0 Å². The van der Waals surface area contributed by atoms with Crippen molar-refractivity contribution in [3.8, 4) is 0 Å². The van der Waals surface area contributed by atoms with E-state index in [0.29, 0.717) is 23.1 Å². The molecule has 0 unspecified atom stereocenters. The van der Waals surface area contributed by atoms with Crippen LogP contribution in [0, 0.1) is 0 Å².